The summed E-state index contributed by atoms with van der Waals surface area (Å²) in [4.78, 5) is 35.4. The fraction of sp³-hybridized carbons (Fsp3) is 0.348. The number of ketones is 1. The Morgan fingerprint density at radius 1 is 0.966 bits per heavy atom. The molecule has 0 saturated carbocycles. The lowest BCUT2D eigenvalue weighted by atomic mass is 9.87. The Morgan fingerprint density at radius 2 is 1.55 bits per heavy atom. The highest BCUT2D eigenvalue weighted by molar-refractivity contribution is 5.97. The lowest BCUT2D eigenvalue weighted by molar-refractivity contribution is -0.155. The van der Waals surface area contributed by atoms with Gasteiger partial charge in [-0.25, -0.2) is 4.79 Å². The van der Waals surface area contributed by atoms with E-state index >= 15 is 0 Å². The van der Waals surface area contributed by atoms with Gasteiger partial charge in [0.25, 0.3) is 5.91 Å². The van der Waals surface area contributed by atoms with Gasteiger partial charge in [0.2, 0.25) is 0 Å². The van der Waals surface area contributed by atoms with Crippen molar-refractivity contribution < 1.29 is 23.9 Å². The SMILES string of the molecule is CC(=O)c1ccc(NC(=O)[C@H](C)OC(=O)COc2ccc(C(C)(C)C)cc2)cc1. The Balaban J connectivity index is 1.81. The molecular weight excluding hydrogens is 370 g/mol. The maximum Gasteiger partial charge on any atom is 0.344 e. The molecule has 0 aliphatic rings. The molecule has 2 rings (SSSR count). The van der Waals surface area contributed by atoms with Crippen molar-refractivity contribution in [2.75, 3.05) is 11.9 Å². The van der Waals surface area contributed by atoms with Gasteiger partial charge >= 0.3 is 5.97 Å². The molecule has 1 amide bonds. The number of amides is 1. The highest BCUT2D eigenvalue weighted by atomic mass is 16.6. The summed E-state index contributed by atoms with van der Waals surface area (Å²) >= 11 is 0. The topological polar surface area (TPSA) is 81.7 Å². The van der Waals surface area contributed by atoms with Gasteiger partial charge in [-0.1, -0.05) is 32.9 Å². The number of carbonyl (C=O) groups is 3. The average Bonchev–Trinajstić information content (AvgIpc) is 2.66. The van der Waals surface area contributed by atoms with Gasteiger partial charge in [0.1, 0.15) is 5.75 Å². The summed E-state index contributed by atoms with van der Waals surface area (Å²) in [6.45, 7) is 9.00. The molecule has 6 heteroatoms. The van der Waals surface area contributed by atoms with Gasteiger partial charge in [-0.2, -0.15) is 0 Å². The molecule has 1 atom stereocenters. The molecule has 154 valence electrons. The molecule has 2 aromatic rings. The molecular formula is C23H27NO5. The van der Waals surface area contributed by atoms with Gasteiger partial charge in [-0.15, -0.1) is 0 Å². The van der Waals surface area contributed by atoms with E-state index in [1.165, 1.54) is 13.8 Å². The number of hydrogen-bond acceptors (Lipinski definition) is 5. The van der Waals surface area contributed by atoms with Crippen LogP contribution in [0.4, 0.5) is 5.69 Å². The van der Waals surface area contributed by atoms with Crippen LogP contribution in [0.5, 0.6) is 5.75 Å². The molecule has 0 fully saturated rings. The van der Waals surface area contributed by atoms with E-state index in [2.05, 4.69) is 26.1 Å². The second kappa shape index (κ2) is 9.37. The zero-order chi connectivity index (χ0) is 21.6. The van der Waals surface area contributed by atoms with Gasteiger partial charge in [0.05, 0.1) is 0 Å². The van der Waals surface area contributed by atoms with Crippen LogP contribution in [0.25, 0.3) is 0 Å². The number of Topliss-reactive ketones (excluding diaryl/α,β-unsaturated/α-hetero) is 1. The van der Waals surface area contributed by atoms with Crippen molar-refractivity contribution in [1.82, 2.24) is 0 Å². The molecule has 0 bridgehead atoms. The molecule has 0 radical (unpaired) electrons. The van der Waals surface area contributed by atoms with Crippen LogP contribution in [0.3, 0.4) is 0 Å². The van der Waals surface area contributed by atoms with Crippen LogP contribution < -0.4 is 10.1 Å². The molecule has 0 aromatic heterocycles. The Hall–Kier alpha value is -3.15. The van der Waals surface area contributed by atoms with Crippen LogP contribution in [-0.2, 0) is 19.7 Å². The molecule has 0 aliphatic carbocycles. The second-order valence-electron chi connectivity index (χ2n) is 7.82. The van der Waals surface area contributed by atoms with Crippen molar-refractivity contribution in [2.45, 2.75) is 46.1 Å². The summed E-state index contributed by atoms with van der Waals surface area (Å²) < 4.78 is 10.5. The third kappa shape index (κ3) is 6.75. The summed E-state index contributed by atoms with van der Waals surface area (Å²) in [5.41, 5.74) is 2.26. The highest BCUT2D eigenvalue weighted by Crippen LogP contribution is 2.24. The molecule has 0 saturated heterocycles. The van der Waals surface area contributed by atoms with E-state index < -0.39 is 18.0 Å². The summed E-state index contributed by atoms with van der Waals surface area (Å²) in [7, 11) is 0. The van der Waals surface area contributed by atoms with E-state index in [9.17, 15) is 14.4 Å². The average molecular weight is 397 g/mol. The van der Waals surface area contributed by atoms with Crippen molar-refractivity contribution >= 4 is 23.3 Å². The maximum absolute atomic E-state index is 12.2. The summed E-state index contributed by atoms with van der Waals surface area (Å²) in [6, 6.07) is 14.0. The smallest absolute Gasteiger partial charge is 0.344 e. The van der Waals surface area contributed by atoms with Gasteiger partial charge in [0.15, 0.2) is 18.5 Å². The number of hydrogen-bond donors (Lipinski definition) is 1. The number of rotatable bonds is 7. The Bertz CT molecular complexity index is 864. The molecule has 6 nitrogen and oxygen atoms in total. The van der Waals surface area contributed by atoms with Crippen LogP contribution in [0, 0.1) is 0 Å². The monoisotopic (exact) mass is 397 g/mol. The number of esters is 1. The lowest BCUT2D eigenvalue weighted by Gasteiger charge is -2.19. The maximum atomic E-state index is 12.2. The minimum Gasteiger partial charge on any atom is -0.482 e. The van der Waals surface area contributed by atoms with Crippen molar-refractivity contribution in [3.63, 3.8) is 0 Å². The zero-order valence-electron chi connectivity index (χ0n) is 17.4. The molecule has 1 N–H and O–H groups in total. The zero-order valence-corrected chi connectivity index (χ0v) is 17.4. The first-order chi connectivity index (χ1) is 13.6. The van der Waals surface area contributed by atoms with Gasteiger partial charge in [-0.3, -0.25) is 9.59 Å². The summed E-state index contributed by atoms with van der Waals surface area (Å²) in [5, 5.41) is 2.64. The molecule has 2 aromatic carbocycles. The van der Waals surface area contributed by atoms with Crippen LogP contribution in [0.2, 0.25) is 0 Å². The Labute approximate surface area is 171 Å². The number of ether oxygens (including phenoxy) is 2. The quantitative estimate of drug-likeness (QED) is 0.561. The summed E-state index contributed by atoms with van der Waals surface area (Å²) in [5.74, 6) is -0.612. The largest absolute Gasteiger partial charge is 0.482 e. The van der Waals surface area contributed by atoms with Crippen molar-refractivity contribution in [1.29, 1.82) is 0 Å². The van der Waals surface area contributed by atoms with E-state index in [1.807, 2.05) is 12.1 Å². The van der Waals surface area contributed by atoms with E-state index in [0.717, 1.165) is 5.56 Å². The predicted octanol–water partition coefficient (Wildman–Crippen LogP) is 4.14. The minimum absolute atomic E-state index is 0.0344. The molecule has 0 spiro atoms. The molecule has 0 heterocycles. The van der Waals surface area contributed by atoms with E-state index in [1.54, 1.807) is 36.4 Å². The van der Waals surface area contributed by atoms with E-state index in [0.29, 0.717) is 17.0 Å². The highest BCUT2D eigenvalue weighted by Gasteiger charge is 2.19. The number of nitrogens with one attached hydrogen (secondary N) is 1. The number of anilines is 1. The van der Waals surface area contributed by atoms with Crippen molar-refractivity contribution in [3.05, 3.63) is 59.7 Å². The Kier molecular flexibility index (Phi) is 7.15. The van der Waals surface area contributed by atoms with Crippen LogP contribution in [0.1, 0.15) is 50.5 Å². The van der Waals surface area contributed by atoms with Gasteiger partial charge < -0.3 is 14.8 Å². The standard InChI is InChI=1S/C23H27NO5/c1-15(25)17-6-10-19(11-7-17)24-22(27)16(2)29-21(26)14-28-20-12-8-18(9-13-20)23(3,4)5/h6-13,16H,14H2,1-5H3,(H,24,27)/t16-/m0/s1. The predicted molar refractivity (Wildman–Crippen MR) is 111 cm³/mol. The third-order valence-electron chi connectivity index (χ3n) is 4.31. The normalized spacial score (nSPS) is 12.0. The molecule has 0 unspecified atom stereocenters. The molecule has 0 aliphatic heterocycles. The second-order valence-corrected chi connectivity index (χ2v) is 7.82. The summed E-state index contributed by atoms with van der Waals surface area (Å²) in [6.07, 6.45) is -0.984. The van der Waals surface area contributed by atoms with E-state index in [4.69, 9.17) is 9.47 Å². The van der Waals surface area contributed by atoms with Crippen LogP contribution in [-0.4, -0.2) is 30.4 Å². The molecule has 29 heavy (non-hydrogen) atoms. The van der Waals surface area contributed by atoms with E-state index in [-0.39, 0.29) is 17.8 Å². The number of benzene rings is 2. The lowest BCUT2D eigenvalue weighted by Crippen LogP contribution is -2.31. The van der Waals surface area contributed by atoms with Crippen LogP contribution in [0.15, 0.2) is 48.5 Å². The third-order valence-corrected chi connectivity index (χ3v) is 4.31. The van der Waals surface area contributed by atoms with Gasteiger partial charge in [-0.05, 0) is 61.2 Å². The fourth-order valence-corrected chi connectivity index (χ4v) is 2.51. The van der Waals surface area contributed by atoms with Crippen LogP contribution >= 0.6 is 0 Å². The first-order valence-electron chi connectivity index (χ1n) is 9.41. The fourth-order valence-electron chi connectivity index (χ4n) is 2.51. The minimum atomic E-state index is -0.984. The first kappa shape index (κ1) is 22.1. The first-order valence-corrected chi connectivity index (χ1v) is 9.41. The van der Waals surface area contributed by atoms with Crippen molar-refractivity contribution in [3.8, 4) is 5.75 Å². The number of carbonyl (C=O) groups excluding carboxylic acids is 3. The van der Waals surface area contributed by atoms with Gasteiger partial charge in [0, 0.05) is 11.3 Å². The Morgan fingerprint density at radius 3 is 2.07 bits per heavy atom. The van der Waals surface area contributed by atoms with Crippen molar-refractivity contribution in [2.24, 2.45) is 0 Å².